The van der Waals surface area contributed by atoms with Crippen LogP contribution in [0.3, 0.4) is 0 Å². The molecule has 0 aliphatic carbocycles. The molecule has 0 saturated carbocycles. The van der Waals surface area contributed by atoms with Crippen molar-refractivity contribution < 1.29 is 9.59 Å². The minimum absolute atomic E-state index is 0. The third-order valence-corrected chi connectivity index (χ3v) is 5.00. The molecule has 8 heteroatoms. The number of halogens is 2. The topological polar surface area (TPSA) is 83.1 Å². The highest BCUT2D eigenvalue weighted by atomic mass is 35.5. The maximum atomic E-state index is 12.2. The summed E-state index contributed by atoms with van der Waals surface area (Å²) in [4.78, 5) is 28.6. The zero-order valence-electron chi connectivity index (χ0n) is 15.9. The number of para-hydroxylation sites is 1. The maximum Gasteiger partial charge on any atom is 0.243 e. The Bertz CT molecular complexity index is 776. The molecule has 6 nitrogen and oxygen atoms in total. The van der Waals surface area contributed by atoms with Crippen LogP contribution in [-0.4, -0.2) is 36.4 Å². The average Bonchev–Trinajstić information content (AvgIpc) is 2.67. The minimum atomic E-state index is -0.247. The van der Waals surface area contributed by atoms with E-state index in [1.165, 1.54) is 0 Å². The van der Waals surface area contributed by atoms with Crippen LogP contribution in [0.25, 0.3) is 10.9 Å². The Morgan fingerprint density at radius 1 is 1.21 bits per heavy atom. The number of aromatic nitrogens is 1. The summed E-state index contributed by atoms with van der Waals surface area (Å²) in [6.45, 7) is 4.12. The highest BCUT2D eigenvalue weighted by Crippen LogP contribution is 2.22. The normalized spacial score (nSPS) is 17.0. The van der Waals surface area contributed by atoms with Gasteiger partial charge in [-0.15, -0.1) is 24.8 Å². The van der Waals surface area contributed by atoms with E-state index in [0.29, 0.717) is 23.9 Å². The molecule has 0 bridgehead atoms. The molecule has 1 fully saturated rings. The summed E-state index contributed by atoms with van der Waals surface area (Å²) >= 11 is 0. The Kier molecular flexibility index (Phi) is 10.2. The first-order valence-corrected chi connectivity index (χ1v) is 9.24. The Morgan fingerprint density at radius 2 is 2.00 bits per heavy atom. The lowest BCUT2D eigenvalue weighted by Crippen LogP contribution is -2.37. The van der Waals surface area contributed by atoms with Crippen molar-refractivity contribution in [1.29, 1.82) is 0 Å². The highest BCUT2D eigenvalue weighted by Gasteiger charge is 2.22. The predicted octanol–water partition coefficient (Wildman–Crippen LogP) is 3.16. The molecule has 2 unspecified atom stereocenters. The first-order chi connectivity index (χ1) is 12.6. The molecule has 0 spiro atoms. The molecule has 154 valence electrons. The van der Waals surface area contributed by atoms with Crippen molar-refractivity contribution in [2.45, 2.75) is 26.2 Å². The first kappa shape index (κ1) is 24.1. The van der Waals surface area contributed by atoms with E-state index in [1.807, 2.05) is 30.3 Å². The lowest BCUT2D eigenvalue weighted by molar-refractivity contribution is -0.125. The molecule has 2 atom stereocenters. The second-order valence-electron chi connectivity index (χ2n) is 6.99. The van der Waals surface area contributed by atoms with Crippen LogP contribution in [0, 0.1) is 11.8 Å². The summed E-state index contributed by atoms with van der Waals surface area (Å²) in [7, 11) is 0. The molecule has 2 heterocycles. The second kappa shape index (κ2) is 11.8. The molecule has 28 heavy (non-hydrogen) atoms. The van der Waals surface area contributed by atoms with Crippen molar-refractivity contribution in [3.63, 3.8) is 0 Å². The van der Waals surface area contributed by atoms with Gasteiger partial charge in [0.05, 0.1) is 17.7 Å². The fourth-order valence-electron chi connectivity index (χ4n) is 3.47. The Labute approximate surface area is 178 Å². The average molecular weight is 427 g/mol. The monoisotopic (exact) mass is 426 g/mol. The summed E-state index contributed by atoms with van der Waals surface area (Å²) in [5, 5.41) is 9.90. The third-order valence-electron chi connectivity index (χ3n) is 5.00. The SMILES string of the molecule is CC(CC(=O)NCC(=O)Nc1cccc2cccnc12)C1CCCNC1.Cl.Cl. The van der Waals surface area contributed by atoms with E-state index < -0.39 is 0 Å². The molecule has 1 saturated heterocycles. The summed E-state index contributed by atoms with van der Waals surface area (Å²) in [6, 6.07) is 9.44. The van der Waals surface area contributed by atoms with Crippen LogP contribution in [0.15, 0.2) is 36.5 Å². The van der Waals surface area contributed by atoms with Crippen LogP contribution in [0.2, 0.25) is 0 Å². The molecule has 1 aromatic carbocycles. The summed E-state index contributed by atoms with van der Waals surface area (Å²) in [5.74, 6) is 0.524. The molecule has 3 rings (SSSR count). The Morgan fingerprint density at radius 3 is 2.75 bits per heavy atom. The van der Waals surface area contributed by atoms with E-state index >= 15 is 0 Å². The largest absolute Gasteiger partial charge is 0.347 e. The van der Waals surface area contributed by atoms with Crippen molar-refractivity contribution in [2.75, 3.05) is 25.0 Å². The number of hydrogen-bond donors (Lipinski definition) is 3. The lowest BCUT2D eigenvalue weighted by atomic mass is 9.85. The fraction of sp³-hybridized carbons (Fsp3) is 0.450. The van der Waals surface area contributed by atoms with Gasteiger partial charge < -0.3 is 16.0 Å². The van der Waals surface area contributed by atoms with E-state index in [9.17, 15) is 9.59 Å². The number of nitrogens with zero attached hydrogens (tertiary/aromatic N) is 1. The predicted molar refractivity (Wildman–Crippen MR) is 117 cm³/mol. The Balaban J connectivity index is 0.00000196. The molecule has 0 radical (unpaired) electrons. The van der Waals surface area contributed by atoms with Crippen molar-refractivity contribution in [2.24, 2.45) is 11.8 Å². The number of fused-ring (bicyclic) bond motifs is 1. The van der Waals surface area contributed by atoms with Gasteiger partial charge in [-0.25, -0.2) is 0 Å². The number of hydrogen-bond acceptors (Lipinski definition) is 4. The van der Waals surface area contributed by atoms with Crippen LogP contribution < -0.4 is 16.0 Å². The number of nitrogens with one attached hydrogen (secondary N) is 3. The molecule has 3 N–H and O–H groups in total. The summed E-state index contributed by atoms with van der Waals surface area (Å²) < 4.78 is 0. The number of carbonyl (C=O) groups excluding carboxylic acids is 2. The molecule has 1 aliphatic heterocycles. The van der Waals surface area contributed by atoms with Crippen LogP contribution >= 0.6 is 24.8 Å². The van der Waals surface area contributed by atoms with Gasteiger partial charge in [-0.3, -0.25) is 14.6 Å². The molecular weight excluding hydrogens is 399 g/mol. The zero-order chi connectivity index (χ0) is 18.4. The number of anilines is 1. The van der Waals surface area contributed by atoms with E-state index in [1.54, 1.807) is 6.20 Å². The third kappa shape index (κ3) is 6.62. The molecule has 1 aliphatic rings. The zero-order valence-corrected chi connectivity index (χ0v) is 17.6. The van der Waals surface area contributed by atoms with Gasteiger partial charge in [0, 0.05) is 18.0 Å². The van der Waals surface area contributed by atoms with Gasteiger partial charge >= 0.3 is 0 Å². The van der Waals surface area contributed by atoms with Crippen molar-refractivity contribution in [3.8, 4) is 0 Å². The molecule has 1 aromatic heterocycles. The van der Waals surface area contributed by atoms with Crippen LogP contribution in [0.4, 0.5) is 5.69 Å². The van der Waals surface area contributed by atoms with Crippen molar-refractivity contribution >= 4 is 53.2 Å². The number of amides is 2. The van der Waals surface area contributed by atoms with E-state index in [-0.39, 0.29) is 43.2 Å². The van der Waals surface area contributed by atoms with Gasteiger partial charge in [0.1, 0.15) is 0 Å². The van der Waals surface area contributed by atoms with Crippen molar-refractivity contribution in [1.82, 2.24) is 15.6 Å². The number of carbonyl (C=O) groups is 2. The fourth-order valence-corrected chi connectivity index (χ4v) is 3.47. The summed E-state index contributed by atoms with van der Waals surface area (Å²) in [6.07, 6.45) is 4.48. The smallest absolute Gasteiger partial charge is 0.243 e. The van der Waals surface area contributed by atoms with Gasteiger partial charge in [0.25, 0.3) is 0 Å². The van der Waals surface area contributed by atoms with Crippen LogP contribution in [0.5, 0.6) is 0 Å². The van der Waals surface area contributed by atoms with Gasteiger partial charge in [-0.2, -0.15) is 0 Å². The first-order valence-electron chi connectivity index (χ1n) is 9.24. The highest BCUT2D eigenvalue weighted by molar-refractivity contribution is 6.01. The quantitative estimate of drug-likeness (QED) is 0.662. The maximum absolute atomic E-state index is 12.2. The van der Waals surface area contributed by atoms with Crippen LogP contribution in [0.1, 0.15) is 26.2 Å². The van der Waals surface area contributed by atoms with E-state index in [4.69, 9.17) is 0 Å². The standard InChI is InChI=1S/C20H26N4O2.2ClH/c1-14(16-7-3-9-21-12-16)11-18(25)23-13-19(26)24-17-8-2-5-15-6-4-10-22-20(15)17;;/h2,4-6,8,10,14,16,21H,3,7,9,11-13H2,1H3,(H,23,25)(H,24,26);2*1H. The number of piperidine rings is 1. The molecule has 2 aromatic rings. The van der Waals surface area contributed by atoms with Gasteiger partial charge in [-0.1, -0.05) is 25.1 Å². The lowest BCUT2D eigenvalue weighted by Gasteiger charge is -2.27. The van der Waals surface area contributed by atoms with Gasteiger partial charge in [0.15, 0.2) is 0 Å². The molecule has 2 amide bonds. The van der Waals surface area contributed by atoms with Crippen LogP contribution in [-0.2, 0) is 9.59 Å². The second-order valence-corrected chi connectivity index (χ2v) is 6.99. The van der Waals surface area contributed by atoms with E-state index in [2.05, 4.69) is 27.9 Å². The molecular formula is C20H28Cl2N4O2. The number of benzene rings is 1. The van der Waals surface area contributed by atoms with Gasteiger partial charge in [0.2, 0.25) is 11.8 Å². The number of rotatable bonds is 6. The van der Waals surface area contributed by atoms with Gasteiger partial charge in [-0.05, 0) is 49.9 Å². The Hall–Kier alpha value is -1.89. The number of pyridine rings is 1. The van der Waals surface area contributed by atoms with E-state index in [0.717, 1.165) is 36.8 Å². The van der Waals surface area contributed by atoms with Crippen molar-refractivity contribution in [3.05, 3.63) is 36.5 Å². The summed E-state index contributed by atoms with van der Waals surface area (Å²) in [5.41, 5.74) is 1.40. The minimum Gasteiger partial charge on any atom is -0.347 e.